The first-order valence-corrected chi connectivity index (χ1v) is 11.0. The van der Waals surface area contributed by atoms with Gasteiger partial charge < -0.3 is 15.2 Å². The molecule has 5 nitrogen and oxygen atoms in total. The molecule has 0 aliphatic rings. The van der Waals surface area contributed by atoms with E-state index in [-0.39, 0.29) is 17.2 Å². The Bertz CT molecular complexity index is 985. The van der Waals surface area contributed by atoms with Crippen molar-refractivity contribution in [3.05, 3.63) is 59.2 Å². The third-order valence-corrected chi connectivity index (χ3v) is 5.22. The van der Waals surface area contributed by atoms with Gasteiger partial charge in [-0.1, -0.05) is 12.5 Å². The van der Waals surface area contributed by atoms with E-state index in [0.29, 0.717) is 51.4 Å². The monoisotopic (exact) mass is 480 g/mol. The fourth-order valence-electron chi connectivity index (χ4n) is 3.64. The Morgan fingerprint density at radius 3 is 2.32 bits per heavy atom. The van der Waals surface area contributed by atoms with Crippen molar-refractivity contribution < 1.29 is 31.8 Å². The van der Waals surface area contributed by atoms with Gasteiger partial charge in [-0.25, -0.2) is 8.78 Å². The van der Waals surface area contributed by atoms with E-state index < -0.39 is 29.2 Å². The summed E-state index contributed by atoms with van der Waals surface area (Å²) in [7, 11) is 0. The summed E-state index contributed by atoms with van der Waals surface area (Å²) in [6.45, 7) is 1.05. The summed E-state index contributed by atoms with van der Waals surface area (Å²) in [6, 6.07) is 10.3. The van der Waals surface area contributed by atoms with Gasteiger partial charge >= 0.3 is 6.11 Å². The van der Waals surface area contributed by atoms with Gasteiger partial charge in [0, 0.05) is 13.3 Å². The zero-order valence-corrected chi connectivity index (χ0v) is 19.0. The number of hydrogen-bond acceptors (Lipinski definition) is 4. The maximum atomic E-state index is 14.6. The molecule has 0 aromatic heterocycles. The smallest absolute Gasteiger partial charge is 0.394 e. The van der Waals surface area contributed by atoms with E-state index in [1.807, 2.05) is 0 Å². The summed E-state index contributed by atoms with van der Waals surface area (Å²) < 4.78 is 64.2. The number of ether oxygens (including phenoxy) is 2. The summed E-state index contributed by atoms with van der Waals surface area (Å²) in [4.78, 5) is 11.4. The fraction of sp³-hybridized carbons (Fsp3) is 0.440. The van der Waals surface area contributed by atoms with E-state index in [2.05, 4.69) is 10.8 Å². The average Bonchev–Trinajstić information content (AvgIpc) is 2.75. The van der Waals surface area contributed by atoms with Gasteiger partial charge in [-0.15, -0.1) is 0 Å². The number of carbonyl (C=O) groups is 1. The van der Waals surface area contributed by atoms with Crippen molar-refractivity contribution in [3.63, 3.8) is 0 Å². The summed E-state index contributed by atoms with van der Waals surface area (Å²) in [5, 5.41) is 8.80. The number of primary amides is 1. The topological polar surface area (TPSA) is 85.3 Å². The summed E-state index contributed by atoms with van der Waals surface area (Å²) >= 11 is 0. The summed E-state index contributed by atoms with van der Waals surface area (Å²) in [5.41, 5.74) is 4.58. The Balaban J connectivity index is 1.88. The number of rotatable bonds is 14. The van der Waals surface area contributed by atoms with Crippen LogP contribution in [0.25, 0.3) is 0 Å². The van der Waals surface area contributed by atoms with Gasteiger partial charge in [0.25, 0.3) is 5.91 Å². The molecule has 1 atom stereocenters. The Kier molecular flexibility index (Phi) is 10.2. The minimum absolute atomic E-state index is 0.0289. The lowest BCUT2D eigenvalue weighted by Crippen LogP contribution is -2.18. The minimum Gasteiger partial charge on any atom is -0.494 e. The molecular formula is C25H28F4N2O3. The Morgan fingerprint density at radius 2 is 1.71 bits per heavy atom. The molecule has 0 aliphatic carbocycles. The largest absolute Gasteiger partial charge is 0.494 e. The molecule has 184 valence electrons. The van der Waals surface area contributed by atoms with Crippen molar-refractivity contribution in [2.24, 2.45) is 11.7 Å². The Hall–Kier alpha value is -3.28. The number of halogens is 4. The quantitative estimate of drug-likeness (QED) is 0.259. The van der Waals surface area contributed by atoms with Crippen LogP contribution in [0, 0.1) is 28.9 Å². The molecule has 2 aromatic rings. The van der Waals surface area contributed by atoms with Crippen molar-refractivity contribution in [3.8, 4) is 17.6 Å². The molecule has 0 radical (unpaired) electrons. The lowest BCUT2D eigenvalue weighted by Gasteiger charge is -2.18. The standard InChI is InChI=1S/C25H28F4N2O3/c1-25(28,29)34-20-11-9-19(10-12-20)33-15-5-3-7-17(6-2-4-14-30)16-18-8-13-21(26)22(23(18)27)24(31)32/h8-13,17H,2-7,15-16H2,1H3,(H2,31,32). The zero-order chi connectivity index (χ0) is 25.1. The molecule has 2 rings (SSSR count). The van der Waals surface area contributed by atoms with E-state index in [1.54, 1.807) is 12.1 Å². The normalized spacial score (nSPS) is 12.1. The van der Waals surface area contributed by atoms with Crippen molar-refractivity contribution in [1.29, 1.82) is 5.26 Å². The van der Waals surface area contributed by atoms with Gasteiger partial charge in [0.15, 0.2) is 0 Å². The number of amides is 1. The van der Waals surface area contributed by atoms with E-state index in [0.717, 1.165) is 18.9 Å². The van der Waals surface area contributed by atoms with Gasteiger partial charge in [0.05, 0.1) is 12.7 Å². The van der Waals surface area contributed by atoms with Crippen LogP contribution < -0.4 is 15.2 Å². The highest BCUT2D eigenvalue weighted by Gasteiger charge is 2.23. The van der Waals surface area contributed by atoms with Gasteiger partial charge in [-0.05, 0) is 73.9 Å². The molecule has 2 N–H and O–H groups in total. The molecule has 0 fully saturated rings. The maximum Gasteiger partial charge on any atom is 0.394 e. The van der Waals surface area contributed by atoms with E-state index in [4.69, 9.17) is 15.7 Å². The highest BCUT2D eigenvalue weighted by molar-refractivity contribution is 5.93. The third kappa shape index (κ3) is 8.93. The summed E-state index contributed by atoms with van der Waals surface area (Å²) in [5.74, 6) is -2.50. The van der Waals surface area contributed by atoms with Crippen LogP contribution in [0.3, 0.4) is 0 Å². The van der Waals surface area contributed by atoms with Crippen molar-refractivity contribution in [2.75, 3.05) is 6.61 Å². The molecule has 1 unspecified atom stereocenters. The summed E-state index contributed by atoms with van der Waals surface area (Å²) in [6.07, 6.45) is 0.906. The van der Waals surface area contributed by atoms with Crippen molar-refractivity contribution in [2.45, 2.75) is 58.0 Å². The molecule has 1 amide bonds. The first-order chi connectivity index (χ1) is 16.1. The number of carbonyl (C=O) groups excluding carboxylic acids is 1. The molecule has 0 saturated heterocycles. The number of alkyl halides is 2. The first kappa shape index (κ1) is 27.0. The third-order valence-electron chi connectivity index (χ3n) is 5.22. The number of hydrogen-bond donors (Lipinski definition) is 1. The number of unbranched alkanes of at least 4 members (excludes halogenated alkanes) is 2. The second-order valence-corrected chi connectivity index (χ2v) is 8.11. The minimum atomic E-state index is -3.26. The van der Waals surface area contributed by atoms with Crippen molar-refractivity contribution in [1.82, 2.24) is 0 Å². The molecule has 0 bridgehead atoms. The number of nitriles is 1. The van der Waals surface area contributed by atoms with Gasteiger partial charge in [0.2, 0.25) is 0 Å². The molecule has 0 heterocycles. The van der Waals surface area contributed by atoms with Crippen LogP contribution >= 0.6 is 0 Å². The van der Waals surface area contributed by atoms with Gasteiger partial charge in [-0.3, -0.25) is 4.79 Å². The number of nitrogens with zero attached hydrogens (tertiary/aromatic N) is 1. The fourth-order valence-corrected chi connectivity index (χ4v) is 3.64. The lowest BCUT2D eigenvalue weighted by molar-refractivity contribution is -0.158. The predicted molar refractivity (Wildman–Crippen MR) is 119 cm³/mol. The van der Waals surface area contributed by atoms with Crippen LogP contribution in [-0.2, 0) is 6.42 Å². The number of nitrogens with two attached hydrogens (primary N) is 1. The van der Waals surface area contributed by atoms with Crippen LogP contribution in [-0.4, -0.2) is 18.6 Å². The van der Waals surface area contributed by atoms with Gasteiger partial charge in [0.1, 0.15) is 28.7 Å². The Labute approximate surface area is 196 Å². The zero-order valence-electron chi connectivity index (χ0n) is 19.0. The second kappa shape index (κ2) is 12.8. The lowest BCUT2D eigenvalue weighted by atomic mass is 9.89. The predicted octanol–water partition coefficient (Wildman–Crippen LogP) is 6.16. The van der Waals surface area contributed by atoms with Crippen molar-refractivity contribution >= 4 is 5.91 Å². The number of benzene rings is 2. The molecule has 34 heavy (non-hydrogen) atoms. The first-order valence-electron chi connectivity index (χ1n) is 11.0. The van der Waals surface area contributed by atoms with E-state index in [1.165, 1.54) is 18.2 Å². The van der Waals surface area contributed by atoms with E-state index >= 15 is 0 Å². The molecule has 0 spiro atoms. The van der Waals surface area contributed by atoms with E-state index in [9.17, 15) is 22.4 Å². The highest BCUT2D eigenvalue weighted by atomic mass is 19.3. The molecule has 0 saturated carbocycles. The average molecular weight is 481 g/mol. The SMILES string of the molecule is CC(F)(F)Oc1ccc(OCCCCC(CCCC#N)Cc2ccc(F)c(C(N)=O)c2F)cc1. The highest BCUT2D eigenvalue weighted by Crippen LogP contribution is 2.26. The Morgan fingerprint density at radius 1 is 1.06 bits per heavy atom. The maximum absolute atomic E-state index is 14.6. The van der Waals surface area contributed by atoms with Crippen LogP contribution in [0.1, 0.15) is 61.4 Å². The van der Waals surface area contributed by atoms with Crippen LogP contribution in [0.15, 0.2) is 36.4 Å². The molecule has 9 heteroatoms. The molecule has 0 aliphatic heterocycles. The molecule has 2 aromatic carbocycles. The second-order valence-electron chi connectivity index (χ2n) is 8.11. The van der Waals surface area contributed by atoms with Crippen LogP contribution in [0.5, 0.6) is 11.5 Å². The van der Waals surface area contributed by atoms with Gasteiger partial charge in [-0.2, -0.15) is 14.0 Å². The molecular weight excluding hydrogens is 452 g/mol. The van der Waals surface area contributed by atoms with Crippen LogP contribution in [0.4, 0.5) is 17.6 Å². The van der Waals surface area contributed by atoms with Crippen LogP contribution in [0.2, 0.25) is 0 Å².